The molecule has 0 aliphatic rings. The second-order valence-electron chi connectivity index (χ2n) is 4.47. The number of aryl methyl sites for hydroxylation is 1. The van der Waals surface area contributed by atoms with Gasteiger partial charge in [-0.25, -0.2) is 8.78 Å². The van der Waals surface area contributed by atoms with Gasteiger partial charge in [0.2, 0.25) is 0 Å². The lowest BCUT2D eigenvalue weighted by Gasteiger charge is -2.08. The zero-order valence-corrected chi connectivity index (χ0v) is 10.7. The quantitative estimate of drug-likeness (QED) is 0.760. The Kier molecular flexibility index (Phi) is 4.90. The van der Waals surface area contributed by atoms with Gasteiger partial charge in [0.1, 0.15) is 17.3 Å². The predicted octanol–water partition coefficient (Wildman–Crippen LogP) is 4.40. The maximum absolute atomic E-state index is 13.3. The molecule has 0 unspecified atom stereocenters. The summed E-state index contributed by atoms with van der Waals surface area (Å²) in [6.45, 7) is 0.574. The van der Waals surface area contributed by atoms with Gasteiger partial charge in [-0.3, -0.25) is 0 Å². The zero-order valence-electron chi connectivity index (χ0n) is 10.7. The molecule has 0 saturated carbocycles. The highest BCUT2D eigenvalue weighted by atomic mass is 19.1. The Labute approximate surface area is 112 Å². The largest absolute Gasteiger partial charge is 0.380 e. The van der Waals surface area contributed by atoms with Crippen LogP contribution < -0.4 is 5.32 Å². The van der Waals surface area contributed by atoms with Crippen LogP contribution in [0.5, 0.6) is 0 Å². The number of nitrogens with one attached hydrogen (secondary N) is 1. The Morgan fingerprint density at radius 2 is 1.47 bits per heavy atom. The Bertz CT molecular complexity index is 491. The van der Waals surface area contributed by atoms with E-state index >= 15 is 0 Å². The predicted molar refractivity (Wildman–Crippen MR) is 74.2 cm³/mol. The first-order valence-corrected chi connectivity index (χ1v) is 6.49. The van der Waals surface area contributed by atoms with Gasteiger partial charge in [0.15, 0.2) is 0 Å². The molecule has 0 radical (unpaired) electrons. The molecule has 0 aromatic heterocycles. The Morgan fingerprint density at radius 1 is 0.789 bits per heavy atom. The third-order valence-corrected chi connectivity index (χ3v) is 3.00. The van der Waals surface area contributed by atoms with Crippen molar-refractivity contribution >= 4 is 5.69 Å². The first-order chi connectivity index (χ1) is 9.27. The maximum atomic E-state index is 13.3. The number of hydrogen-bond donors (Lipinski definition) is 1. The Morgan fingerprint density at radius 3 is 2.16 bits per heavy atom. The number of rotatable bonds is 6. The van der Waals surface area contributed by atoms with E-state index in [1.54, 1.807) is 0 Å². The normalized spacial score (nSPS) is 10.4. The summed E-state index contributed by atoms with van der Waals surface area (Å²) in [6.07, 6.45) is 2.86. The molecule has 0 atom stereocenters. The smallest absolute Gasteiger partial charge is 0.149 e. The number of halogens is 2. The van der Waals surface area contributed by atoms with E-state index in [1.807, 2.05) is 18.2 Å². The van der Waals surface area contributed by atoms with Crippen molar-refractivity contribution in [3.05, 3.63) is 65.7 Å². The minimum atomic E-state index is -0.539. The van der Waals surface area contributed by atoms with E-state index < -0.39 is 11.6 Å². The van der Waals surface area contributed by atoms with Crippen LogP contribution in [0.15, 0.2) is 48.5 Å². The molecule has 0 heterocycles. The van der Waals surface area contributed by atoms with E-state index in [0.717, 1.165) is 19.3 Å². The van der Waals surface area contributed by atoms with Crippen molar-refractivity contribution in [3.63, 3.8) is 0 Å². The third-order valence-electron chi connectivity index (χ3n) is 3.00. The van der Waals surface area contributed by atoms with Gasteiger partial charge >= 0.3 is 0 Å². The summed E-state index contributed by atoms with van der Waals surface area (Å²) >= 11 is 0. The van der Waals surface area contributed by atoms with Crippen molar-refractivity contribution in [2.24, 2.45) is 0 Å². The van der Waals surface area contributed by atoms with Gasteiger partial charge in [-0.1, -0.05) is 36.4 Å². The van der Waals surface area contributed by atoms with Crippen LogP contribution in [0.25, 0.3) is 0 Å². The highest BCUT2D eigenvalue weighted by molar-refractivity contribution is 5.45. The van der Waals surface area contributed by atoms with E-state index in [2.05, 4.69) is 17.4 Å². The van der Waals surface area contributed by atoms with Crippen molar-refractivity contribution in [2.75, 3.05) is 11.9 Å². The molecule has 1 N–H and O–H groups in total. The summed E-state index contributed by atoms with van der Waals surface area (Å²) < 4.78 is 26.6. The summed E-state index contributed by atoms with van der Waals surface area (Å²) in [5.74, 6) is -1.08. The fourth-order valence-corrected chi connectivity index (χ4v) is 1.98. The maximum Gasteiger partial charge on any atom is 0.149 e. The fraction of sp³-hybridized carbons (Fsp3) is 0.250. The lowest BCUT2D eigenvalue weighted by molar-refractivity contribution is 0.586. The summed E-state index contributed by atoms with van der Waals surface area (Å²) in [5, 5.41) is 2.82. The van der Waals surface area contributed by atoms with Crippen molar-refractivity contribution in [1.29, 1.82) is 0 Å². The van der Waals surface area contributed by atoms with Gasteiger partial charge in [0.25, 0.3) is 0 Å². The SMILES string of the molecule is Fc1cccc(F)c1NCCCCc1ccccc1. The number of unbranched alkanes of at least 4 members (excludes halogenated alkanes) is 1. The fourth-order valence-electron chi connectivity index (χ4n) is 1.98. The van der Waals surface area contributed by atoms with E-state index in [1.165, 1.54) is 23.8 Å². The highest BCUT2D eigenvalue weighted by Gasteiger charge is 2.06. The van der Waals surface area contributed by atoms with Gasteiger partial charge in [-0.15, -0.1) is 0 Å². The van der Waals surface area contributed by atoms with Crippen LogP contribution in [0.3, 0.4) is 0 Å². The molecule has 2 aromatic carbocycles. The second-order valence-corrected chi connectivity index (χ2v) is 4.47. The highest BCUT2D eigenvalue weighted by Crippen LogP contribution is 2.17. The van der Waals surface area contributed by atoms with E-state index in [9.17, 15) is 8.78 Å². The number of para-hydroxylation sites is 1. The Hall–Kier alpha value is -1.90. The van der Waals surface area contributed by atoms with Gasteiger partial charge in [-0.05, 0) is 37.0 Å². The van der Waals surface area contributed by atoms with Crippen LogP contribution >= 0.6 is 0 Å². The van der Waals surface area contributed by atoms with Crippen LogP contribution in [0.2, 0.25) is 0 Å². The van der Waals surface area contributed by atoms with Crippen LogP contribution in [0.1, 0.15) is 18.4 Å². The van der Waals surface area contributed by atoms with Crippen LogP contribution in [-0.2, 0) is 6.42 Å². The molecular weight excluding hydrogens is 244 g/mol. The molecule has 19 heavy (non-hydrogen) atoms. The number of hydrogen-bond acceptors (Lipinski definition) is 1. The van der Waals surface area contributed by atoms with Gasteiger partial charge in [0.05, 0.1) is 0 Å². The summed E-state index contributed by atoms with van der Waals surface area (Å²) in [5.41, 5.74) is 1.27. The monoisotopic (exact) mass is 261 g/mol. The van der Waals surface area contributed by atoms with Crippen molar-refractivity contribution < 1.29 is 8.78 Å². The number of benzene rings is 2. The minimum absolute atomic E-state index is 0.0257. The number of anilines is 1. The molecular formula is C16H17F2N. The van der Waals surface area contributed by atoms with Crippen LogP contribution in [-0.4, -0.2) is 6.54 Å². The molecule has 0 aliphatic heterocycles. The molecule has 100 valence electrons. The lowest BCUT2D eigenvalue weighted by atomic mass is 10.1. The van der Waals surface area contributed by atoms with Crippen LogP contribution in [0.4, 0.5) is 14.5 Å². The molecule has 0 aliphatic carbocycles. The average molecular weight is 261 g/mol. The molecule has 0 bridgehead atoms. The molecule has 2 rings (SSSR count). The first-order valence-electron chi connectivity index (χ1n) is 6.49. The third kappa shape index (κ3) is 4.05. The summed E-state index contributed by atoms with van der Waals surface area (Å²) in [7, 11) is 0. The van der Waals surface area contributed by atoms with Gasteiger partial charge in [-0.2, -0.15) is 0 Å². The molecule has 0 saturated heterocycles. The average Bonchev–Trinajstić information content (AvgIpc) is 2.42. The van der Waals surface area contributed by atoms with Crippen molar-refractivity contribution in [3.8, 4) is 0 Å². The summed E-state index contributed by atoms with van der Waals surface area (Å²) in [6, 6.07) is 14.1. The van der Waals surface area contributed by atoms with Crippen molar-refractivity contribution in [1.82, 2.24) is 0 Å². The first kappa shape index (κ1) is 13.5. The molecule has 1 nitrogen and oxygen atoms in total. The van der Waals surface area contributed by atoms with E-state index in [0.29, 0.717) is 6.54 Å². The van der Waals surface area contributed by atoms with Gasteiger partial charge in [0, 0.05) is 6.54 Å². The molecule has 0 amide bonds. The molecule has 0 spiro atoms. The van der Waals surface area contributed by atoms with E-state index in [4.69, 9.17) is 0 Å². The lowest BCUT2D eigenvalue weighted by Crippen LogP contribution is -2.05. The topological polar surface area (TPSA) is 12.0 Å². The molecule has 0 fully saturated rings. The zero-order chi connectivity index (χ0) is 13.5. The van der Waals surface area contributed by atoms with Gasteiger partial charge < -0.3 is 5.32 Å². The standard InChI is InChI=1S/C16H17F2N/c17-14-10-6-11-15(18)16(14)19-12-5-4-9-13-7-2-1-3-8-13/h1-3,6-8,10-11,19H,4-5,9,12H2. The summed E-state index contributed by atoms with van der Waals surface area (Å²) in [4.78, 5) is 0. The Balaban J connectivity index is 1.73. The molecule has 2 aromatic rings. The minimum Gasteiger partial charge on any atom is -0.380 e. The molecule has 3 heteroatoms. The van der Waals surface area contributed by atoms with Crippen LogP contribution in [0, 0.1) is 11.6 Å². The second kappa shape index (κ2) is 6.88. The van der Waals surface area contributed by atoms with Crippen molar-refractivity contribution in [2.45, 2.75) is 19.3 Å². The van der Waals surface area contributed by atoms with E-state index in [-0.39, 0.29) is 5.69 Å².